The van der Waals surface area contributed by atoms with Crippen LogP contribution in [0.2, 0.25) is 0 Å². The topological polar surface area (TPSA) is 149 Å². The van der Waals surface area contributed by atoms with Crippen molar-refractivity contribution >= 4 is 51.3 Å². The third kappa shape index (κ3) is 7.37. The maximum Gasteiger partial charge on any atom is 0.490 e. The van der Waals surface area contributed by atoms with Gasteiger partial charge in [0.15, 0.2) is 11.5 Å². The minimum absolute atomic E-state index is 0.234. The summed E-state index contributed by atoms with van der Waals surface area (Å²) in [5.74, 6) is 0.0371. The Morgan fingerprint density at radius 2 is 1.72 bits per heavy atom. The first-order chi connectivity index (χ1) is 18.5. The van der Waals surface area contributed by atoms with Gasteiger partial charge in [-0.25, -0.2) is 19.7 Å². The molecule has 2 heterocycles. The van der Waals surface area contributed by atoms with Crippen molar-refractivity contribution in [3.8, 4) is 17.2 Å². The van der Waals surface area contributed by atoms with E-state index in [1.54, 1.807) is 38.5 Å². The van der Waals surface area contributed by atoms with Crippen LogP contribution in [0, 0.1) is 6.92 Å². The molecule has 0 radical (unpaired) electrons. The normalized spacial score (nSPS) is 11.1. The lowest BCUT2D eigenvalue weighted by atomic mass is 10.1. The van der Waals surface area contributed by atoms with Crippen molar-refractivity contribution in [2.45, 2.75) is 19.5 Å². The van der Waals surface area contributed by atoms with E-state index in [1.807, 2.05) is 13.0 Å². The van der Waals surface area contributed by atoms with Gasteiger partial charge < -0.3 is 19.3 Å². The molecule has 0 atom stereocenters. The van der Waals surface area contributed by atoms with Gasteiger partial charge in [-0.3, -0.25) is 15.1 Å². The summed E-state index contributed by atoms with van der Waals surface area (Å²) >= 11 is 5.67. The number of carbonyl (C=O) groups is 1. The second-order valence-electron chi connectivity index (χ2n) is 7.77. The number of hydrogen-bond donors (Lipinski definition) is 3. The Balaban J connectivity index is 0.000000532. The van der Waals surface area contributed by atoms with Gasteiger partial charge >= 0.3 is 12.1 Å². The molecule has 3 N–H and O–H groups in total. The number of H-pyrrole nitrogens is 1. The van der Waals surface area contributed by atoms with Crippen LogP contribution in [0.4, 0.5) is 25.1 Å². The molecule has 2 aromatic carbocycles. The lowest BCUT2D eigenvalue weighted by Gasteiger charge is -2.12. The number of fused-ring (bicyclic) bond motifs is 2. The predicted molar refractivity (Wildman–Crippen MR) is 138 cm³/mol. The van der Waals surface area contributed by atoms with Crippen molar-refractivity contribution in [3.63, 3.8) is 0 Å². The second-order valence-corrected chi connectivity index (χ2v) is 8.15. The van der Waals surface area contributed by atoms with E-state index in [9.17, 15) is 18.0 Å². The molecule has 15 heteroatoms. The number of hydrogen-bond acceptors (Lipinski definition) is 9. The smallest absolute Gasteiger partial charge is 0.490 e. The first kappa shape index (κ1) is 29.2. The predicted octanol–water partition coefficient (Wildman–Crippen LogP) is 4.58. The highest BCUT2D eigenvalue weighted by Crippen LogP contribution is 2.33. The Bertz CT molecular complexity index is 1550. The number of methoxy groups -OCH3 is 2. The lowest BCUT2D eigenvalue weighted by molar-refractivity contribution is -0.192. The fraction of sp³-hybridized carbons (Fsp3) is 0.292. The Kier molecular flexibility index (Phi) is 9.35. The third-order valence-electron chi connectivity index (χ3n) is 5.09. The minimum Gasteiger partial charge on any atom is -0.494 e. The monoisotopic (exact) mass is 569 g/mol. The number of aryl methyl sites for hydroxylation is 1. The summed E-state index contributed by atoms with van der Waals surface area (Å²) in [7, 11) is 3.14. The first-order valence-electron chi connectivity index (χ1n) is 11.2. The maximum atomic E-state index is 12.6. The number of nitrogens with zero attached hydrogens (tertiary/aromatic N) is 3. The molecule has 0 aliphatic carbocycles. The quantitative estimate of drug-likeness (QED) is 0.203. The number of nitrogens with one attached hydrogen (secondary N) is 2. The molecule has 4 aromatic rings. The van der Waals surface area contributed by atoms with Crippen LogP contribution in [0.25, 0.3) is 21.8 Å². The Morgan fingerprint density at radius 3 is 2.33 bits per heavy atom. The van der Waals surface area contributed by atoms with Gasteiger partial charge in [-0.1, -0.05) is 0 Å². The van der Waals surface area contributed by atoms with Gasteiger partial charge in [0, 0.05) is 17.3 Å². The second kappa shape index (κ2) is 12.5. The fourth-order valence-corrected chi connectivity index (χ4v) is 3.39. The summed E-state index contributed by atoms with van der Waals surface area (Å²) in [6, 6.07) is 8.76. The molecule has 208 valence electrons. The van der Waals surface area contributed by atoms with Gasteiger partial charge in [-0.05, 0) is 37.6 Å². The van der Waals surface area contributed by atoms with Crippen molar-refractivity contribution in [2.75, 3.05) is 32.0 Å². The van der Waals surface area contributed by atoms with Crippen LogP contribution in [-0.4, -0.2) is 63.9 Å². The zero-order valence-corrected chi connectivity index (χ0v) is 21.6. The molecule has 0 saturated carbocycles. The summed E-state index contributed by atoms with van der Waals surface area (Å²) in [4.78, 5) is 37.7. The molecule has 0 fully saturated rings. The molecule has 0 aliphatic rings. The molecule has 4 rings (SSSR count). The van der Waals surface area contributed by atoms with Crippen LogP contribution >= 0.6 is 11.6 Å². The van der Waals surface area contributed by atoms with Crippen molar-refractivity contribution in [1.82, 2.24) is 19.9 Å². The van der Waals surface area contributed by atoms with E-state index in [2.05, 4.69) is 25.3 Å². The van der Waals surface area contributed by atoms with Crippen LogP contribution in [0.15, 0.2) is 35.1 Å². The number of rotatable bonds is 8. The molecule has 0 spiro atoms. The number of anilines is 2. The van der Waals surface area contributed by atoms with Gasteiger partial charge in [0.2, 0.25) is 11.9 Å². The zero-order chi connectivity index (χ0) is 28.7. The molecule has 0 unspecified atom stereocenters. The van der Waals surface area contributed by atoms with Crippen LogP contribution in [-0.2, 0) is 4.79 Å². The molecule has 11 nitrogen and oxygen atoms in total. The Hall–Kier alpha value is -4.33. The van der Waals surface area contributed by atoms with Crippen molar-refractivity contribution in [1.29, 1.82) is 0 Å². The highest BCUT2D eigenvalue weighted by Gasteiger charge is 2.38. The zero-order valence-electron chi connectivity index (χ0n) is 20.9. The molecule has 0 bridgehead atoms. The molecule has 0 saturated heterocycles. The average molecular weight is 570 g/mol. The number of benzene rings is 2. The number of carboxylic acids is 1. The first-order valence-corrected chi connectivity index (χ1v) is 11.7. The number of aromatic nitrogens is 4. The fourth-order valence-electron chi connectivity index (χ4n) is 3.28. The largest absolute Gasteiger partial charge is 0.494 e. The van der Waals surface area contributed by atoms with Crippen LogP contribution in [0.1, 0.15) is 12.1 Å². The van der Waals surface area contributed by atoms with E-state index in [4.69, 9.17) is 35.7 Å². The Morgan fingerprint density at radius 1 is 1.05 bits per heavy atom. The van der Waals surface area contributed by atoms with E-state index in [-0.39, 0.29) is 11.5 Å². The van der Waals surface area contributed by atoms with Crippen molar-refractivity contribution in [2.24, 2.45) is 0 Å². The Labute approximate surface area is 223 Å². The van der Waals surface area contributed by atoms with Gasteiger partial charge in [0.05, 0.1) is 42.9 Å². The van der Waals surface area contributed by atoms with Crippen LogP contribution < -0.4 is 25.1 Å². The van der Waals surface area contributed by atoms with Crippen LogP contribution in [0.5, 0.6) is 17.2 Å². The van der Waals surface area contributed by atoms with Crippen molar-refractivity contribution in [3.05, 3.63) is 46.4 Å². The summed E-state index contributed by atoms with van der Waals surface area (Å²) in [5, 5.41) is 11.4. The average Bonchev–Trinajstić information content (AvgIpc) is 2.88. The number of ether oxygens (including phenoxy) is 3. The van der Waals surface area contributed by atoms with E-state index >= 15 is 0 Å². The molecule has 39 heavy (non-hydrogen) atoms. The molecule has 0 aliphatic heterocycles. The number of halogens is 4. The van der Waals surface area contributed by atoms with Gasteiger partial charge in [-0.15, -0.1) is 11.6 Å². The SMILES string of the molecule is COc1cc2nc(Nc3nc4ccc(OCCCCl)cc4c(=O)[nH]3)nc(C)c2cc1OC.O=C(O)C(F)(F)F. The molecule has 2 aromatic heterocycles. The summed E-state index contributed by atoms with van der Waals surface area (Å²) in [6.07, 6.45) is -4.36. The maximum absolute atomic E-state index is 12.6. The van der Waals surface area contributed by atoms with Crippen molar-refractivity contribution < 1.29 is 37.3 Å². The van der Waals surface area contributed by atoms with E-state index < -0.39 is 12.1 Å². The van der Waals surface area contributed by atoms with E-state index in [1.165, 1.54) is 0 Å². The van der Waals surface area contributed by atoms with Gasteiger partial charge in [0.1, 0.15) is 5.75 Å². The number of alkyl halides is 4. The van der Waals surface area contributed by atoms with Gasteiger partial charge in [0.25, 0.3) is 5.56 Å². The summed E-state index contributed by atoms with van der Waals surface area (Å²) < 4.78 is 48.1. The number of aliphatic carboxylic acids is 1. The van der Waals surface area contributed by atoms with E-state index in [0.717, 1.165) is 17.5 Å². The molecule has 0 amide bonds. The highest BCUT2D eigenvalue weighted by atomic mass is 35.5. The minimum atomic E-state index is -5.08. The highest BCUT2D eigenvalue weighted by molar-refractivity contribution is 6.17. The standard InChI is InChI=1S/C22H22ClN5O4.C2HF3O2/c1-12-14-10-18(30-2)19(31-3)11-17(14)26-21(24-12)28-22-25-16-6-5-13(32-8-4-7-23)9-15(16)20(29)27-22;3-2(4,5)1(6)7/h5-6,9-11H,4,7-8H2,1-3H3,(H2,24,25,26,27,28,29);(H,6,7). The lowest BCUT2D eigenvalue weighted by Crippen LogP contribution is -2.21. The van der Waals surface area contributed by atoms with E-state index in [0.29, 0.717) is 52.1 Å². The molecular weight excluding hydrogens is 547 g/mol. The summed E-state index contributed by atoms with van der Waals surface area (Å²) in [6.45, 7) is 2.35. The van der Waals surface area contributed by atoms with Gasteiger partial charge in [-0.2, -0.15) is 13.2 Å². The number of aromatic amines is 1. The summed E-state index contributed by atoms with van der Waals surface area (Å²) in [5.41, 5.74) is 1.62. The number of carboxylic acid groups (broad SMARTS) is 1. The molecular formula is C24H23ClF3N5O6. The van der Waals surface area contributed by atoms with Crippen LogP contribution in [0.3, 0.4) is 0 Å². The third-order valence-corrected chi connectivity index (χ3v) is 5.36.